The van der Waals surface area contributed by atoms with E-state index in [-0.39, 0.29) is 30.8 Å². The van der Waals surface area contributed by atoms with Crippen LogP contribution in [0.3, 0.4) is 0 Å². The summed E-state index contributed by atoms with van der Waals surface area (Å²) >= 11 is 0. The lowest BCUT2D eigenvalue weighted by molar-refractivity contribution is 0.143. The molecule has 0 spiro atoms. The molecule has 0 radical (unpaired) electrons. The topological polar surface area (TPSA) is 77.5 Å². The largest absolute Gasteiger partial charge is 0.488 e. The molecule has 2 aromatic rings. The third kappa shape index (κ3) is 5.05. The van der Waals surface area contributed by atoms with Crippen molar-refractivity contribution in [3.63, 3.8) is 0 Å². The summed E-state index contributed by atoms with van der Waals surface area (Å²) < 4.78 is 44.6. The predicted molar refractivity (Wildman–Crippen MR) is 100 cm³/mol. The fourth-order valence-corrected chi connectivity index (χ4v) is 2.85. The molecular formula is C19H24F2N4O3. The van der Waals surface area contributed by atoms with Crippen LogP contribution in [-0.4, -0.2) is 49.5 Å². The van der Waals surface area contributed by atoms with E-state index < -0.39 is 11.6 Å². The minimum Gasteiger partial charge on any atom is -0.488 e. The number of hydrogen-bond acceptors (Lipinski definition) is 7. The molecule has 3 rings (SSSR count). The molecule has 1 aromatic carbocycles. The highest BCUT2D eigenvalue weighted by Crippen LogP contribution is 2.30. The minimum atomic E-state index is -0.683. The van der Waals surface area contributed by atoms with Crippen LogP contribution in [0.15, 0.2) is 18.5 Å². The van der Waals surface area contributed by atoms with E-state index in [1.165, 1.54) is 13.4 Å². The van der Waals surface area contributed by atoms with Crippen LogP contribution in [0.2, 0.25) is 0 Å². The van der Waals surface area contributed by atoms with Crippen LogP contribution in [0.4, 0.5) is 20.3 Å². The van der Waals surface area contributed by atoms with Gasteiger partial charge < -0.3 is 24.8 Å². The van der Waals surface area contributed by atoms with Gasteiger partial charge in [-0.05, 0) is 32.9 Å². The van der Waals surface area contributed by atoms with E-state index in [4.69, 9.17) is 14.2 Å². The van der Waals surface area contributed by atoms with Gasteiger partial charge in [0.1, 0.15) is 24.9 Å². The van der Waals surface area contributed by atoms with Crippen LogP contribution < -0.4 is 20.1 Å². The van der Waals surface area contributed by atoms with Gasteiger partial charge in [-0.1, -0.05) is 0 Å². The molecule has 1 fully saturated rings. The van der Waals surface area contributed by atoms with E-state index >= 15 is 0 Å². The van der Waals surface area contributed by atoms with Crippen LogP contribution in [0.5, 0.6) is 11.6 Å². The first-order valence-electron chi connectivity index (χ1n) is 9.15. The summed E-state index contributed by atoms with van der Waals surface area (Å²) in [4.78, 5) is 8.31. The molecule has 28 heavy (non-hydrogen) atoms. The smallest absolute Gasteiger partial charge is 0.221 e. The minimum absolute atomic E-state index is 0.0498. The number of methoxy groups -OCH3 is 1. The second-order valence-corrected chi connectivity index (χ2v) is 6.45. The Bertz CT molecular complexity index is 801. The fourth-order valence-electron chi connectivity index (χ4n) is 2.85. The Morgan fingerprint density at radius 2 is 1.93 bits per heavy atom. The van der Waals surface area contributed by atoms with Crippen LogP contribution in [-0.2, 0) is 4.74 Å². The monoisotopic (exact) mass is 394 g/mol. The quantitative estimate of drug-likeness (QED) is 0.667. The maximum Gasteiger partial charge on any atom is 0.221 e. The second-order valence-electron chi connectivity index (χ2n) is 6.45. The number of hydrogen-bond donors (Lipinski definition) is 2. The molecule has 1 aliphatic rings. The average molecular weight is 394 g/mol. The van der Waals surface area contributed by atoms with Crippen molar-refractivity contribution in [1.29, 1.82) is 0 Å². The van der Waals surface area contributed by atoms with Gasteiger partial charge in [-0.15, -0.1) is 0 Å². The standard InChI is InChI=1S/C19H24F2N4O3/c1-12-18(23-11-24-19(12)28-13-3-5-22-6-4-13)25-16-9-15(21)17(10-14(16)20)27-8-7-26-2/h9-11,13,22H,3-8H2,1-2H3,(H,23,24,25). The SMILES string of the molecule is COCCOc1cc(F)c(Nc2ncnc(OC3CCNCC3)c2C)cc1F. The van der Waals surface area contributed by atoms with Gasteiger partial charge in [0, 0.05) is 19.2 Å². The predicted octanol–water partition coefficient (Wildman–Crippen LogP) is 2.96. The van der Waals surface area contributed by atoms with Crippen molar-refractivity contribution >= 4 is 11.5 Å². The number of benzene rings is 1. The summed E-state index contributed by atoms with van der Waals surface area (Å²) in [6.07, 6.45) is 3.18. The number of rotatable bonds is 8. The van der Waals surface area contributed by atoms with Crippen molar-refractivity contribution in [2.75, 3.05) is 38.7 Å². The maximum absolute atomic E-state index is 14.4. The first-order chi connectivity index (χ1) is 13.6. The van der Waals surface area contributed by atoms with Gasteiger partial charge >= 0.3 is 0 Å². The molecule has 152 valence electrons. The Hall–Kier alpha value is -2.52. The zero-order chi connectivity index (χ0) is 19.9. The summed E-state index contributed by atoms with van der Waals surface area (Å²) in [6, 6.07) is 2.03. The molecule has 0 unspecified atom stereocenters. The molecule has 7 nitrogen and oxygen atoms in total. The number of anilines is 2. The molecule has 0 amide bonds. The molecule has 1 aromatic heterocycles. The van der Waals surface area contributed by atoms with E-state index in [1.807, 2.05) is 0 Å². The van der Waals surface area contributed by atoms with Crippen molar-refractivity contribution in [3.05, 3.63) is 35.7 Å². The van der Waals surface area contributed by atoms with E-state index in [9.17, 15) is 8.78 Å². The van der Waals surface area contributed by atoms with E-state index in [2.05, 4.69) is 20.6 Å². The van der Waals surface area contributed by atoms with Gasteiger partial charge in [-0.25, -0.2) is 18.7 Å². The highest BCUT2D eigenvalue weighted by Gasteiger charge is 2.19. The summed E-state index contributed by atoms with van der Waals surface area (Å²) in [5.41, 5.74) is 0.576. The van der Waals surface area contributed by atoms with Crippen molar-refractivity contribution in [2.24, 2.45) is 0 Å². The third-order valence-electron chi connectivity index (χ3n) is 4.42. The summed E-state index contributed by atoms with van der Waals surface area (Å²) in [6.45, 7) is 3.96. The van der Waals surface area contributed by atoms with Crippen LogP contribution in [0, 0.1) is 18.6 Å². The van der Waals surface area contributed by atoms with Crippen LogP contribution >= 0.6 is 0 Å². The summed E-state index contributed by atoms with van der Waals surface area (Å²) in [5.74, 6) is -0.727. The highest BCUT2D eigenvalue weighted by molar-refractivity contribution is 5.62. The maximum atomic E-state index is 14.4. The molecule has 0 saturated carbocycles. The van der Waals surface area contributed by atoms with Crippen molar-refractivity contribution in [1.82, 2.24) is 15.3 Å². The summed E-state index contributed by atoms with van der Waals surface area (Å²) in [7, 11) is 1.50. The first kappa shape index (κ1) is 20.2. The Balaban J connectivity index is 1.74. The highest BCUT2D eigenvalue weighted by atomic mass is 19.1. The molecule has 2 N–H and O–H groups in total. The Morgan fingerprint density at radius 3 is 2.68 bits per heavy atom. The Morgan fingerprint density at radius 1 is 1.14 bits per heavy atom. The van der Waals surface area contributed by atoms with E-state index in [0.717, 1.165) is 38.1 Å². The van der Waals surface area contributed by atoms with Crippen molar-refractivity contribution < 1.29 is 23.0 Å². The van der Waals surface area contributed by atoms with E-state index in [1.54, 1.807) is 6.92 Å². The normalized spacial score (nSPS) is 14.7. The Labute approximate surface area is 162 Å². The first-order valence-corrected chi connectivity index (χ1v) is 9.15. The van der Waals surface area contributed by atoms with E-state index in [0.29, 0.717) is 17.3 Å². The lowest BCUT2D eigenvalue weighted by Gasteiger charge is -2.24. The average Bonchev–Trinajstić information content (AvgIpc) is 2.69. The van der Waals surface area contributed by atoms with Gasteiger partial charge in [0.05, 0.1) is 17.9 Å². The van der Waals surface area contributed by atoms with Gasteiger partial charge in [-0.3, -0.25) is 0 Å². The molecule has 0 atom stereocenters. The lowest BCUT2D eigenvalue weighted by Crippen LogP contribution is -2.34. The van der Waals surface area contributed by atoms with Gasteiger partial charge in [0.25, 0.3) is 0 Å². The number of nitrogens with zero attached hydrogens (tertiary/aromatic N) is 2. The molecule has 0 aliphatic carbocycles. The number of aromatic nitrogens is 2. The van der Waals surface area contributed by atoms with Gasteiger partial charge in [0.2, 0.25) is 5.88 Å². The zero-order valence-electron chi connectivity index (χ0n) is 15.9. The fraction of sp³-hybridized carbons (Fsp3) is 0.474. The summed E-state index contributed by atoms with van der Waals surface area (Å²) in [5, 5.41) is 6.09. The number of halogens is 2. The zero-order valence-corrected chi connectivity index (χ0v) is 15.9. The Kier molecular flexibility index (Phi) is 6.94. The molecule has 1 saturated heterocycles. The van der Waals surface area contributed by atoms with Gasteiger partial charge in [0.15, 0.2) is 17.4 Å². The van der Waals surface area contributed by atoms with Gasteiger partial charge in [-0.2, -0.15) is 0 Å². The van der Waals surface area contributed by atoms with Crippen LogP contribution in [0.1, 0.15) is 18.4 Å². The second kappa shape index (κ2) is 9.61. The molecular weight excluding hydrogens is 370 g/mol. The van der Waals surface area contributed by atoms with Crippen molar-refractivity contribution in [2.45, 2.75) is 25.9 Å². The third-order valence-corrected chi connectivity index (χ3v) is 4.42. The number of nitrogens with one attached hydrogen (secondary N) is 2. The lowest BCUT2D eigenvalue weighted by atomic mass is 10.1. The van der Waals surface area contributed by atoms with Crippen molar-refractivity contribution in [3.8, 4) is 11.6 Å². The number of ether oxygens (including phenoxy) is 3. The molecule has 9 heteroatoms. The number of piperidine rings is 1. The van der Waals surface area contributed by atoms with Crippen LogP contribution in [0.25, 0.3) is 0 Å². The molecule has 1 aliphatic heterocycles. The molecule has 2 heterocycles. The molecule has 0 bridgehead atoms.